The normalized spacial score (nSPS) is 11.7. The minimum Gasteiger partial charge on any atom is -0.265 e. The second-order valence-electron chi connectivity index (χ2n) is 6.30. The van der Waals surface area contributed by atoms with Crippen molar-refractivity contribution in [2.45, 2.75) is 25.3 Å². The number of pyridine rings is 1. The number of nitrogens with zero attached hydrogens (tertiary/aromatic N) is 2. The molecular formula is C21H21ClN2O2S. The van der Waals surface area contributed by atoms with Crippen molar-refractivity contribution in [2.24, 2.45) is 0 Å². The van der Waals surface area contributed by atoms with E-state index >= 15 is 0 Å². The van der Waals surface area contributed by atoms with Crippen LogP contribution in [0.1, 0.15) is 18.1 Å². The zero-order valence-corrected chi connectivity index (χ0v) is 16.8. The van der Waals surface area contributed by atoms with Gasteiger partial charge in [0.15, 0.2) is 0 Å². The molecule has 4 nitrogen and oxygen atoms in total. The lowest BCUT2D eigenvalue weighted by Crippen LogP contribution is -2.30. The predicted octanol–water partition coefficient (Wildman–Crippen LogP) is 4.92. The molecule has 1 heterocycles. The minimum absolute atomic E-state index is 0.141. The highest BCUT2D eigenvalue weighted by atomic mass is 35.5. The Hall–Kier alpha value is -2.21. The number of aromatic nitrogens is 1. The fourth-order valence-electron chi connectivity index (χ4n) is 2.92. The van der Waals surface area contributed by atoms with Crippen molar-refractivity contribution >= 4 is 21.6 Å². The molecule has 0 aliphatic rings. The van der Waals surface area contributed by atoms with Gasteiger partial charge < -0.3 is 0 Å². The Kier molecular flexibility index (Phi) is 5.95. The molecule has 0 amide bonds. The second kappa shape index (κ2) is 8.21. The van der Waals surface area contributed by atoms with E-state index in [-0.39, 0.29) is 16.5 Å². The van der Waals surface area contributed by atoms with Crippen LogP contribution in [0, 0.1) is 6.92 Å². The van der Waals surface area contributed by atoms with E-state index in [1.54, 1.807) is 30.6 Å². The van der Waals surface area contributed by atoms with Gasteiger partial charge in [-0.2, -0.15) is 4.31 Å². The largest absolute Gasteiger partial charge is 0.265 e. The van der Waals surface area contributed by atoms with Gasteiger partial charge in [-0.25, -0.2) is 8.42 Å². The molecular weight excluding hydrogens is 380 g/mol. The molecule has 0 radical (unpaired) electrons. The summed E-state index contributed by atoms with van der Waals surface area (Å²) in [5.74, 6) is 0. The predicted molar refractivity (Wildman–Crippen MR) is 109 cm³/mol. The van der Waals surface area contributed by atoms with E-state index in [1.807, 2.05) is 50.2 Å². The Morgan fingerprint density at radius 3 is 2.41 bits per heavy atom. The number of halogens is 1. The van der Waals surface area contributed by atoms with Gasteiger partial charge >= 0.3 is 0 Å². The Labute approximate surface area is 165 Å². The van der Waals surface area contributed by atoms with Crippen LogP contribution in [0.25, 0.3) is 11.1 Å². The molecule has 27 heavy (non-hydrogen) atoms. The van der Waals surface area contributed by atoms with Crippen LogP contribution < -0.4 is 0 Å². The second-order valence-corrected chi connectivity index (χ2v) is 8.61. The van der Waals surface area contributed by atoms with Crippen LogP contribution in [-0.2, 0) is 16.6 Å². The van der Waals surface area contributed by atoms with Crippen molar-refractivity contribution in [1.82, 2.24) is 9.29 Å². The molecule has 0 fully saturated rings. The van der Waals surface area contributed by atoms with E-state index in [2.05, 4.69) is 4.98 Å². The first-order valence-electron chi connectivity index (χ1n) is 8.67. The number of hydrogen-bond acceptors (Lipinski definition) is 3. The Balaban J connectivity index is 1.91. The van der Waals surface area contributed by atoms with Crippen molar-refractivity contribution < 1.29 is 8.42 Å². The van der Waals surface area contributed by atoms with Crippen molar-refractivity contribution in [1.29, 1.82) is 0 Å². The summed E-state index contributed by atoms with van der Waals surface area (Å²) in [5, 5.41) is 0.249. The van der Waals surface area contributed by atoms with Gasteiger partial charge in [0, 0.05) is 25.5 Å². The van der Waals surface area contributed by atoms with Crippen LogP contribution in [0.15, 0.2) is 71.9 Å². The molecule has 6 heteroatoms. The average Bonchev–Trinajstić information content (AvgIpc) is 2.66. The lowest BCUT2D eigenvalue weighted by molar-refractivity contribution is 0.423. The van der Waals surface area contributed by atoms with Gasteiger partial charge in [-0.1, -0.05) is 42.8 Å². The number of sulfonamides is 1. The maximum absolute atomic E-state index is 13.1. The monoisotopic (exact) mass is 400 g/mol. The van der Waals surface area contributed by atoms with E-state index in [4.69, 9.17) is 11.6 Å². The molecule has 0 aliphatic heterocycles. The van der Waals surface area contributed by atoms with Gasteiger partial charge in [0.05, 0.1) is 5.02 Å². The van der Waals surface area contributed by atoms with Gasteiger partial charge in [-0.05, 0) is 59.5 Å². The summed E-state index contributed by atoms with van der Waals surface area (Å²) in [7, 11) is -3.68. The molecule has 3 aromatic rings. The van der Waals surface area contributed by atoms with Crippen molar-refractivity contribution in [3.63, 3.8) is 0 Å². The SMILES string of the molecule is CCN(Cc1cccc(-c2ccncc2)c1)S(=O)(=O)c1ccc(C)cc1Cl. The quantitative estimate of drug-likeness (QED) is 0.590. The number of rotatable bonds is 6. The number of hydrogen-bond donors (Lipinski definition) is 0. The molecule has 0 saturated heterocycles. The van der Waals surface area contributed by atoms with E-state index in [0.717, 1.165) is 22.3 Å². The molecule has 0 spiro atoms. The molecule has 0 aliphatic carbocycles. The topological polar surface area (TPSA) is 50.3 Å². The average molecular weight is 401 g/mol. The molecule has 140 valence electrons. The Bertz CT molecular complexity index is 1040. The maximum atomic E-state index is 13.1. The third-order valence-electron chi connectivity index (χ3n) is 4.36. The highest BCUT2D eigenvalue weighted by Crippen LogP contribution is 2.27. The van der Waals surface area contributed by atoms with Crippen LogP contribution in [0.4, 0.5) is 0 Å². The third kappa shape index (κ3) is 4.38. The number of benzene rings is 2. The minimum atomic E-state index is -3.68. The van der Waals surface area contributed by atoms with Crippen LogP contribution >= 0.6 is 11.6 Å². The van der Waals surface area contributed by atoms with E-state index in [1.165, 1.54) is 4.31 Å². The van der Waals surface area contributed by atoms with Gasteiger partial charge in [0.2, 0.25) is 10.0 Å². The van der Waals surface area contributed by atoms with Crippen molar-refractivity contribution in [2.75, 3.05) is 6.54 Å². The van der Waals surface area contributed by atoms with Crippen LogP contribution in [0.3, 0.4) is 0 Å². The Morgan fingerprint density at radius 2 is 1.74 bits per heavy atom. The summed E-state index contributed by atoms with van der Waals surface area (Å²) in [5.41, 5.74) is 3.90. The van der Waals surface area contributed by atoms with Crippen LogP contribution in [0.2, 0.25) is 5.02 Å². The summed E-state index contributed by atoms with van der Waals surface area (Å²) < 4.78 is 27.6. The molecule has 0 atom stereocenters. The molecule has 2 aromatic carbocycles. The zero-order chi connectivity index (χ0) is 19.4. The lowest BCUT2D eigenvalue weighted by atomic mass is 10.0. The third-order valence-corrected chi connectivity index (χ3v) is 6.76. The van der Waals surface area contributed by atoms with Gasteiger partial charge in [0.1, 0.15) is 4.90 Å². The Morgan fingerprint density at radius 1 is 1.00 bits per heavy atom. The molecule has 0 saturated carbocycles. The standard InChI is InChI=1S/C21H21ClN2O2S/c1-3-24(27(25,26)21-8-7-16(2)13-20(21)22)15-17-5-4-6-19(14-17)18-9-11-23-12-10-18/h4-14H,3,15H2,1-2H3. The molecule has 0 N–H and O–H groups in total. The zero-order valence-electron chi connectivity index (χ0n) is 15.3. The summed E-state index contributed by atoms with van der Waals surface area (Å²) in [4.78, 5) is 4.18. The number of aryl methyl sites for hydroxylation is 1. The van der Waals surface area contributed by atoms with E-state index in [0.29, 0.717) is 6.54 Å². The first-order chi connectivity index (χ1) is 12.9. The summed E-state index contributed by atoms with van der Waals surface area (Å²) in [6, 6.07) is 16.7. The molecule has 3 rings (SSSR count). The first kappa shape index (κ1) is 19.5. The van der Waals surface area contributed by atoms with Gasteiger partial charge in [-0.15, -0.1) is 0 Å². The first-order valence-corrected chi connectivity index (χ1v) is 10.5. The molecule has 1 aromatic heterocycles. The summed E-state index contributed by atoms with van der Waals surface area (Å²) in [6.45, 7) is 4.34. The van der Waals surface area contributed by atoms with Crippen molar-refractivity contribution in [3.05, 3.63) is 83.1 Å². The fourth-order valence-corrected chi connectivity index (χ4v) is 4.93. The fraction of sp³-hybridized carbons (Fsp3) is 0.190. The highest BCUT2D eigenvalue weighted by molar-refractivity contribution is 7.89. The summed E-state index contributed by atoms with van der Waals surface area (Å²) >= 11 is 6.21. The van der Waals surface area contributed by atoms with E-state index in [9.17, 15) is 8.42 Å². The van der Waals surface area contributed by atoms with Crippen LogP contribution in [0.5, 0.6) is 0 Å². The van der Waals surface area contributed by atoms with Gasteiger partial charge in [0.25, 0.3) is 0 Å². The van der Waals surface area contributed by atoms with Crippen LogP contribution in [-0.4, -0.2) is 24.3 Å². The van der Waals surface area contributed by atoms with E-state index < -0.39 is 10.0 Å². The lowest BCUT2D eigenvalue weighted by Gasteiger charge is -2.21. The summed E-state index contributed by atoms with van der Waals surface area (Å²) in [6.07, 6.45) is 3.48. The molecule has 0 unspecified atom stereocenters. The van der Waals surface area contributed by atoms with Gasteiger partial charge in [-0.3, -0.25) is 4.98 Å². The maximum Gasteiger partial charge on any atom is 0.244 e. The smallest absolute Gasteiger partial charge is 0.244 e. The molecule has 0 bridgehead atoms. The van der Waals surface area contributed by atoms with Crippen molar-refractivity contribution in [3.8, 4) is 11.1 Å². The highest BCUT2D eigenvalue weighted by Gasteiger charge is 2.25.